The standard InChI is InChI=1S/C20H21NO3/c1-24-19(23)20(15-16-9-4-2-5-10-16)13-8-14-21(20)18(22)17-11-6-3-7-12-17/h2-7,9-12H,8,13-15H2,1H3/t20-/m1/s1. The van der Waals surface area contributed by atoms with E-state index in [1.54, 1.807) is 17.0 Å². The smallest absolute Gasteiger partial charge is 0.332 e. The first-order valence-corrected chi connectivity index (χ1v) is 8.17. The number of carbonyl (C=O) groups is 2. The van der Waals surface area contributed by atoms with Crippen LogP contribution >= 0.6 is 0 Å². The second kappa shape index (κ2) is 6.87. The minimum atomic E-state index is -0.928. The lowest BCUT2D eigenvalue weighted by Crippen LogP contribution is -2.55. The van der Waals surface area contributed by atoms with Crippen molar-refractivity contribution in [1.82, 2.24) is 4.90 Å². The zero-order valence-corrected chi connectivity index (χ0v) is 13.8. The maximum absolute atomic E-state index is 13.0. The molecule has 1 atom stereocenters. The summed E-state index contributed by atoms with van der Waals surface area (Å²) in [5.41, 5.74) is 0.694. The summed E-state index contributed by atoms with van der Waals surface area (Å²) in [5.74, 6) is -0.456. The molecule has 1 heterocycles. The van der Waals surface area contributed by atoms with Crippen molar-refractivity contribution >= 4 is 11.9 Å². The van der Waals surface area contributed by atoms with Crippen LogP contribution in [0.25, 0.3) is 0 Å². The predicted octanol–water partition coefficient (Wildman–Crippen LogP) is 3.08. The van der Waals surface area contributed by atoms with Crippen molar-refractivity contribution < 1.29 is 14.3 Å². The van der Waals surface area contributed by atoms with Crippen molar-refractivity contribution in [3.05, 3.63) is 71.8 Å². The number of hydrogen-bond donors (Lipinski definition) is 0. The summed E-state index contributed by atoms with van der Waals surface area (Å²) >= 11 is 0. The maximum Gasteiger partial charge on any atom is 0.332 e. The van der Waals surface area contributed by atoms with Crippen molar-refractivity contribution in [3.63, 3.8) is 0 Å². The highest BCUT2D eigenvalue weighted by atomic mass is 16.5. The Hall–Kier alpha value is -2.62. The van der Waals surface area contributed by atoms with Crippen LogP contribution < -0.4 is 0 Å². The topological polar surface area (TPSA) is 46.6 Å². The van der Waals surface area contributed by atoms with Gasteiger partial charge in [-0.05, 0) is 30.5 Å². The number of rotatable bonds is 4. The zero-order valence-electron chi connectivity index (χ0n) is 13.8. The number of ether oxygens (including phenoxy) is 1. The molecule has 1 aliphatic heterocycles. The van der Waals surface area contributed by atoms with Crippen LogP contribution in [0, 0.1) is 0 Å². The monoisotopic (exact) mass is 323 g/mol. The van der Waals surface area contributed by atoms with Crippen LogP contribution in [0.15, 0.2) is 60.7 Å². The van der Waals surface area contributed by atoms with Crippen molar-refractivity contribution in [3.8, 4) is 0 Å². The molecule has 0 unspecified atom stereocenters. The third-order valence-corrected chi connectivity index (χ3v) is 4.66. The van der Waals surface area contributed by atoms with Gasteiger partial charge in [-0.2, -0.15) is 0 Å². The van der Waals surface area contributed by atoms with E-state index in [0.717, 1.165) is 12.0 Å². The molecule has 1 amide bonds. The Bertz CT molecular complexity index is 714. The molecule has 24 heavy (non-hydrogen) atoms. The first-order chi connectivity index (χ1) is 11.7. The second-order valence-corrected chi connectivity index (χ2v) is 6.11. The number of carbonyl (C=O) groups excluding carboxylic acids is 2. The van der Waals surface area contributed by atoms with Gasteiger partial charge in [-0.25, -0.2) is 4.79 Å². The fourth-order valence-corrected chi connectivity index (χ4v) is 3.50. The van der Waals surface area contributed by atoms with Crippen molar-refractivity contribution in [1.29, 1.82) is 0 Å². The maximum atomic E-state index is 13.0. The number of nitrogens with zero attached hydrogens (tertiary/aromatic N) is 1. The van der Waals surface area contributed by atoms with Crippen LogP contribution in [0.1, 0.15) is 28.8 Å². The van der Waals surface area contributed by atoms with E-state index in [2.05, 4.69) is 0 Å². The zero-order chi connectivity index (χ0) is 17.0. The van der Waals surface area contributed by atoms with Crippen molar-refractivity contribution in [2.24, 2.45) is 0 Å². The van der Waals surface area contributed by atoms with Crippen LogP contribution in [-0.4, -0.2) is 36.0 Å². The molecule has 0 radical (unpaired) electrons. The predicted molar refractivity (Wildman–Crippen MR) is 91.6 cm³/mol. The number of methoxy groups -OCH3 is 1. The third-order valence-electron chi connectivity index (χ3n) is 4.66. The van der Waals surface area contributed by atoms with Crippen LogP contribution in [0.4, 0.5) is 0 Å². The Morgan fingerprint density at radius 2 is 1.67 bits per heavy atom. The summed E-state index contributed by atoms with van der Waals surface area (Å²) in [6, 6.07) is 18.9. The van der Waals surface area contributed by atoms with Gasteiger partial charge in [0.05, 0.1) is 7.11 Å². The summed E-state index contributed by atoms with van der Waals surface area (Å²) in [5, 5.41) is 0. The minimum absolute atomic E-state index is 0.116. The molecule has 1 fully saturated rings. The molecule has 1 saturated heterocycles. The van der Waals surface area contributed by atoms with E-state index in [-0.39, 0.29) is 11.9 Å². The minimum Gasteiger partial charge on any atom is -0.467 e. The number of esters is 1. The van der Waals surface area contributed by atoms with Gasteiger partial charge in [0.1, 0.15) is 5.54 Å². The molecule has 0 saturated carbocycles. The SMILES string of the molecule is COC(=O)[C@]1(Cc2ccccc2)CCCN1C(=O)c1ccccc1. The van der Waals surface area contributed by atoms with Gasteiger partial charge in [-0.15, -0.1) is 0 Å². The van der Waals surface area contributed by atoms with Gasteiger partial charge in [-0.1, -0.05) is 48.5 Å². The average Bonchev–Trinajstić information content (AvgIpc) is 3.06. The van der Waals surface area contributed by atoms with Crippen LogP contribution in [-0.2, 0) is 16.0 Å². The van der Waals surface area contributed by atoms with Gasteiger partial charge in [0.2, 0.25) is 0 Å². The Kier molecular flexibility index (Phi) is 4.65. The molecular weight excluding hydrogens is 302 g/mol. The highest BCUT2D eigenvalue weighted by molar-refractivity contribution is 5.98. The van der Waals surface area contributed by atoms with E-state index in [1.165, 1.54) is 7.11 Å². The van der Waals surface area contributed by atoms with E-state index < -0.39 is 5.54 Å². The fourth-order valence-electron chi connectivity index (χ4n) is 3.50. The summed E-state index contributed by atoms with van der Waals surface area (Å²) in [7, 11) is 1.39. The summed E-state index contributed by atoms with van der Waals surface area (Å²) < 4.78 is 5.09. The molecule has 3 rings (SSSR count). The molecule has 1 aliphatic rings. The Morgan fingerprint density at radius 3 is 2.29 bits per heavy atom. The van der Waals surface area contributed by atoms with Crippen LogP contribution in [0.3, 0.4) is 0 Å². The van der Waals surface area contributed by atoms with Gasteiger partial charge in [0, 0.05) is 18.5 Å². The fraction of sp³-hybridized carbons (Fsp3) is 0.300. The molecule has 0 spiro atoms. The Morgan fingerprint density at radius 1 is 1.04 bits per heavy atom. The molecule has 124 valence electrons. The first-order valence-electron chi connectivity index (χ1n) is 8.17. The van der Waals surface area contributed by atoms with E-state index in [4.69, 9.17) is 4.74 Å². The largest absolute Gasteiger partial charge is 0.467 e. The van der Waals surface area contributed by atoms with Gasteiger partial charge in [-0.3, -0.25) is 4.79 Å². The van der Waals surface area contributed by atoms with Gasteiger partial charge < -0.3 is 9.64 Å². The first kappa shape index (κ1) is 16.2. The van der Waals surface area contributed by atoms with E-state index in [9.17, 15) is 9.59 Å². The highest BCUT2D eigenvalue weighted by Crippen LogP contribution is 2.35. The number of likely N-dealkylation sites (tertiary alicyclic amines) is 1. The summed E-state index contributed by atoms with van der Waals surface area (Å²) in [4.78, 5) is 27.4. The van der Waals surface area contributed by atoms with E-state index in [0.29, 0.717) is 24.9 Å². The van der Waals surface area contributed by atoms with E-state index in [1.807, 2.05) is 48.5 Å². The van der Waals surface area contributed by atoms with Crippen LogP contribution in [0.2, 0.25) is 0 Å². The average molecular weight is 323 g/mol. The molecule has 0 aliphatic carbocycles. The summed E-state index contributed by atoms with van der Waals surface area (Å²) in [6.45, 7) is 0.565. The third kappa shape index (κ3) is 2.92. The van der Waals surface area contributed by atoms with Gasteiger partial charge in [0.15, 0.2) is 0 Å². The van der Waals surface area contributed by atoms with Gasteiger partial charge in [0.25, 0.3) is 5.91 Å². The number of amides is 1. The molecule has 0 N–H and O–H groups in total. The molecule has 4 heteroatoms. The highest BCUT2D eigenvalue weighted by Gasteiger charge is 2.50. The lowest BCUT2D eigenvalue weighted by Gasteiger charge is -2.36. The number of hydrogen-bond acceptors (Lipinski definition) is 3. The summed E-state index contributed by atoms with van der Waals surface area (Å²) in [6.07, 6.45) is 1.88. The van der Waals surface area contributed by atoms with Crippen molar-refractivity contribution in [2.75, 3.05) is 13.7 Å². The molecular formula is C20H21NO3. The number of benzene rings is 2. The molecule has 4 nitrogen and oxygen atoms in total. The quantitative estimate of drug-likeness (QED) is 0.812. The normalized spacial score (nSPS) is 20.0. The Balaban J connectivity index is 1.97. The molecule has 0 aromatic heterocycles. The lowest BCUT2D eigenvalue weighted by atomic mass is 9.87. The van der Waals surface area contributed by atoms with Crippen molar-refractivity contribution in [2.45, 2.75) is 24.8 Å². The van der Waals surface area contributed by atoms with E-state index >= 15 is 0 Å². The molecule has 2 aromatic carbocycles. The van der Waals surface area contributed by atoms with Gasteiger partial charge >= 0.3 is 5.97 Å². The van der Waals surface area contributed by atoms with Crippen LogP contribution in [0.5, 0.6) is 0 Å². The molecule has 0 bridgehead atoms. The molecule has 2 aromatic rings. The lowest BCUT2D eigenvalue weighted by molar-refractivity contribution is -0.152. The second-order valence-electron chi connectivity index (χ2n) is 6.11. The Labute approximate surface area is 142 Å².